The van der Waals surface area contributed by atoms with Gasteiger partial charge in [-0.25, -0.2) is 0 Å². The average molecular weight is 255 g/mol. The minimum Gasteiger partial charge on any atom is -0.462 e. The second-order valence-electron chi connectivity index (χ2n) is 5.51. The number of ether oxygens (including phenoxy) is 1. The summed E-state index contributed by atoms with van der Waals surface area (Å²) in [6, 6.07) is 0.539. The van der Waals surface area contributed by atoms with Gasteiger partial charge in [0.15, 0.2) is 0 Å². The molecule has 1 rings (SSSR count). The van der Waals surface area contributed by atoms with E-state index in [4.69, 9.17) is 4.74 Å². The molecule has 0 aromatic heterocycles. The Hall–Kier alpha value is -0.570. The Morgan fingerprint density at radius 1 is 1.28 bits per heavy atom. The second-order valence-corrected chi connectivity index (χ2v) is 5.51. The highest BCUT2D eigenvalue weighted by Crippen LogP contribution is 2.17. The molecule has 0 heterocycles. The third-order valence-electron chi connectivity index (χ3n) is 3.69. The monoisotopic (exact) mass is 255 g/mol. The van der Waals surface area contributed by atoms with Crippen molar-refractivity contribution in [1.82, 2.24) is 5.32 Å². The molecule has 1 unspecified atom stereocenters. The fraction of sp³-hybridized carbons (Fsp3) is 0.933. The Labute approximate surface area is 112 Å². The third-order valence-corrected chi connectivity index (χ3v) is 3.69. The van der Waals surface area contributed by atoms with Crippen molar-refractivity contribution in [1.29, 1.82) is 0 Å². The maximum Gasteiger partial charge on any atom is 0.320 e. The van der Waals surface area contributed by atoms with Gasteiger partial charge in [-0.15, -0.1) is 0 Å². The molecule has 106 valence electrons. The van der Waals surface area contributed by atoms with E-state index in [0.29, 0.717) is 12.6 Å². The van der Waals surface area contributed by atoms with Crippen LogP contribution in [0.4, 0.5) is 0 Å². The zero-order valence-electron chi connectivity index (χ0n) is 12.0. The predicted octanol–water partition coefficient (Wildman–Crippen LogP) is 3.42. The van der Waals surface area contributed by atoms with Gasteiger partial charge in [-0.1, -0.05) is 39.0 Å². The van der Waals surface area contributed by atoms with Crippen molar-refractivity contribution in [3.8, 4) is 0 Å². The minimum absolute atomic E-state index is 0.0692. The van der Waals surface area contributed by atoms with Gasteiger partial charge in [0.2, 0.25) is 0 Å². The van der Waals surface area contributed by atoms with Gasteiger partial charge < -0.3 is 10.1 Å². The smallest absolute Gasteiger partial charge is 0.320 e. The van der Waals surface area contributed by atoms with Crippen LogP contribution in [0, 0.1) is 0 Å². The van der Waals surface area contributed by atoms with E-state index in [2.05, 4.69) is 12.2 Å². The van der Waals surface area contributed by atoms with E-state index in [1.807, 2.05) is 6.92 Å². The van der Waals surface area contributed by atoms with Gasteiger partial charge in [0.25, 0.3) is 0 Å². The minimum atomic E-state index is -0.0927. The molecule has 1 aliphatic rings. The van der Waals surface area contributed by atoms with Gasteiger partial charge >= 0.3 is 5.97 Å². The summed E-state index contributed by atoms with van der Waals surface area (Å²) in [5, 5.41) is 3.29. The first-order valence-corrected chi connectivity index (χ1v) is 7.65. The van der Waals surface area contributed by atoms with Gasteiger partial charge in [-0.05, 0) is 32.6 Å². The van der Waals surface area contributed by atoms with Crippen molar-refractivity contribution in [2.45, 2.75) is 83.8 Å². The van der Waals surface area contributed by atoms with E-state index in [0.717, 1.165) is 6.42 Å². The molecule has 1 atom stereocenters. The van der Waals surface area contributed by atoms with Crippen LogP contribution in [0.5, 0.6) is 0 Å². The molecular weight excluding hydrogens is 226 g/mol. The summed E-state index contributed by atoms with van der Waals surface area (Å²) >= 11 is 0. The van der Waals surface area contributed by atoms with E-state index in [-0.39, 0.29) is 12.1 Å². The topological polar surface area (TPSA) is 38.3 Å². The van der Waals surface area contributed by atoms with Crippen molar-refractivity contribution in [3.63, 3.8) is 0 Å². The standard InChI is InChI=1S/C15H29NO2/c1-3-4-5-6-9-13(2)18-15(17)12-16-14-10-7-8-11-14/h13-14,16H,3-12H2,1-2H3. The zero-order valence-corrected chi connectivity index (χ0v) is 12.0. The molecule has 0 saturated heterocycles. The molecule has 3 nitrogen and oxygen atoms in total. The molecule has 0 bridgehead atoms. The zero-order chi connectivity index (χ0) is 13.2. The Kier molecular flexibility index (Phi) is 8.06. The van der Waals surface area contributed by atoms with Gasteiger partial charge in [0.05, 0.1) is 12.6 Å². The first-order valence-electron chi connectivity index (χ1n) is 7.65. The largest absolute Gasteiger partial charge is 0.462 e. The van der Waals surface area contributed by atoms with Gasteiger partial charge in [-0.3, -0.25) is 4.79 Å². The highest BCUT2D eigenvalue weighted by molar-refractivity contribution is 5.71. The van der Waals surface area contributed by atoms with E-state index >= 15 is 0 Å². The molecule has 0 aromatic rings. The Morgan fingerprint density at radius 3 is 2.67 bits per heavy atom. The van der Waals surface area contributed by atoms with Crippen LogP contribution in [-0.2, 0) is 9.53 Å². The van der Waals surface area contributed by atoms with Crippen molar-refractivity contribution in [2.24, 2.45) is 0 Å². The van der Waals surface area contributed by atoms with Gasteiger partial charge in [0.1, 0.15) is 0 Å². The molecular formula is C15H29NO2. The number of rotatable bonds is 9. The first kappa shape index (κ1) is 15.5. The van der Waals surface area contributed by atoms with Crippen LogP contribution < -0.4 is 5.32 Å². The molecule has 3 heteroatoms. The number of unbranched alkanes of at least 4 members (excludes halogenated alkanes) is 3. The van der Waals surface area contributed by atoms with E-state index in [1.54, 1.807) is 0 Å². The van der Waals surface area contributed by atoms with Crippen LogP contribution >= 0.6 is 0 Å². The molecule has 1 saturated carbocycles. The number of hydrogen-bond acceptors (Lipinski definition) is 3. The number of carbonyl (C=O) groups excluding carboxylic acids is 1. The maximum absolute atomic E-state index is 11.6. The normalized spacial score (nSPS) is 17.9. The summed E-state index contributed by atoms with van der Waals surface area (Å²) in [6.07, 6.45) is 11.0. The van der Waals surface area contributed by atoms with E-state index < -0.39 is 0 Å². The molecule has 0 aromatic carbocycles. The van der Waals surface area contributed by atoms with Crippen molar-refractivity contribution in [3.05, 3.63) is 0 Å². The van der Waals surface area contributed by atoms with E-state index in [9.17, 15) is 4.79 Å². The first-order chi connectivity index (χ1) is 8.72. The summed E-state index contributed by atoms with van der Waals surface area (Å²) in [5.74, 6) is -0.0927. The lowest BCUT2D eigenvalue weighted by atomic mass is 10.1. The maximum atomic E-state index is 11.6. The fourth-order valence-corrected chi connectivity index (χ4v) is 2.54. The second kappa shape index (κ2) is 9.37. The van der Waals surface area contributed by atoms with Crippen LogP contribution in [0.2, 0.25) is 0 Å². The van der Waals surface area contributed by atoms with Crippen molar-refractivity contribution < 1.29 is 9.53 Å². The summed E-state index contributed by atoms with van der Waals surface area (Å²) in [4.78, 5) is 11.6. The predicted molar refractivity (Wildman–Crippen MR) is 74.6 cm³/mol. The van der Waals surface area contributed by atoms with Crippen LogP contribution in [0.15, 0.2) is 0 Å². The van der Waals surface area contributed by atoms with Gasteiger partial charge in [0, 0.05) is 6.04 Å². The Bertz CT molecular complexity index is 225. The average Bonchev–Trinajstić information content (AvgIpc) is 2.85. The molecule has 0 spiro atoms. The van der Waals surface area contributed by atoms with Crippen molar-refractivity contribution >= 4 is 5.97 Å². The number of hydrogen-bond donors (Lipinski definition) is 1. The van der Waals surface area contributed by atoms with Crippen LogP contribution in [0.3, 0.4) is 0 Å². The molecule has 0 amide bonds. The summed E-state index contributed by atoms with van der Waals surface area (Å²) < 4.78 is 5.39. The highest BCUT2D eigenvalue weighted by atomic mass is 16.5. The van der Waals surface area contributed by atoms with Gasteiger partial charge in [-0.2, -0.15) is 0 Å². The van der Waals surface area contributed by atoms with E-state index in [1.165, 1.54) is 51.4 Å². The Balaban J connectivity index is 2.00. The molecule has 1 aliphatic carbocycles. The highest BCUT2D eigenvalue weighted by Gasteiger charge is 2.16. The van der Waals surface area contributed by atoms with Crippen LogP contribution in [0.1, 0.15) is 71.6 Å². The number of esters is 1. The summed E-state index contributed by atoms with van der Waals surface area (Å²) in [7, 11) is 0. The third kappa shape index (κ3) is 7.00. The quantitative estimate of drug-likeness (QED) is 0.507. The summed E-state index contributed by atoms with van der Waals surface area (Å²) in [5.41, 5.74) is 0. The van der Waals surface area contributed by atoms with Crippen molar-refractivity contribution in [2.75, 3.05) is 6.54 Å². The lowest BCUT2D eigenvalue weighted by Crippen LogP contribution is -2.33. The lowest BCUT2D eigenvalue weighted by molar-refractivity contribution is -0.147. The van der Waals surface area contributed by atoms with Crippen LogP contribution in [0.25, 0.3) is 0 Å². The summed E-state index contributed by atoms with van der Waals surface area (Å²) in [6.45, 7) is 4.58. The molecule has 0 radical (unpaired) electrons. The fourth-order valence-electron chi connectivity index (χ4n) is 2.54. The molecule has 1 N–H and O–H groups in total. The number of carbonyl (C=O) groups is 1. The number of nitrogens with one attached hydrogen (secondary N) is 1. The Morgan fingerprint density at radius 2 is 2.00 bits per heavy atom. The molecule has 18 heavy (non-hydrogen) atoms. The molecule has 0 aliphatic heterocycles. The lowest BCUT2D eigenvalue weighted by Gasteiger charge is -2.15. The van der Waals surface area contributed by atoms with Crippen LogP contribution in [-0.4, -0.2) is 24.7 Å². The molecule has 1 fully saturated rings. The SMILES string of the molecule is CCCCCCC(C)OC(=O)CNC1CCCC1.